The molecule has 3 heterocycles. The molecule has 1 aliphatic heterocycles. The number of imidazole rings is 1. The van der Waals surface area contributed by atoms with Gasteiger partial charge in [-0.05, 0) is 43.7 Å². The van der Waals surface area contributed by atoms with E-state index in [9.17, 15) is 4.79 Å². The van der Waals surface area contributed by atoms with E-state index >= 15 is 0 Å². The molecule has 0 N–H and O–H groups in total. The number of hydrogen-bond acceptors (Lipinski definition) is 5. The van der Waals surface area contributed by atoms with E-state index in [1.807, 2.05) is 54.0 Å². The predicted octanol–water partition coefficient (Wildman–Crippen LogP) is 4.05. The van der Waals surface area contributed by atoms with Crippen molar-refractivity contribution in [1.82, 2.24) is 29.4 Å². The van der Waals surface area contributed by atoms with Gasteiger partial charge in [0, 0.05) is 24.8 Å². The quantitative estimate of drug-likeness (QED) is 0.617. The zero-order valence-corrected chi connectivity index (χ0v) is 19.7. The van der Waals surface area contributed by atoms with Crippen molar-refractivity contribution in [1.29, 1.82) is 0 Å². The number of benzene rings is 1. The van der Waals surface area contributed by atoms with Gasteiger partial charge in [-0.3, -0.25) is 4.79 Å². The number of likely N-dealkylation sites (N-methyl/N-ethyl adjacent to an activating group) is 1. The van der Waals surface area contributed by atoms with Crippen LogP contribution in [0.2, 0.25) is 0 Å². The number of aromatic nitrogens is 5. The molecule has 1 aliphatic rings. The van der Waals surface area contributed by atoms with Crippen LogP contribution in [0.15, 0.2) is 36.9 Å². The summed E-state index contributed by atoms with van der Waals surface area (Å²) in [6.07, 6.45) is 8.32. The van der Waals surface area contributed by atoms with Crippen molar-refractivity contribution >= 4 is 5.91 Å². The van der Waals surface area contributed by atoms with Crippen molar-refractivity contribution in [2.24, 2.45) is 5.41 Å². The van der Waals surface area contributed by atoms with Crippen LogP contribution in [0.5, 0.6) is 5.75 Å². The van der Waals surface area contributed by atoms with E-state index < -0.39 is 0 Å². The van der Waals surface area contributed by atoms with Gasteiger partial charge in [0.2, 0.25) is 5.91 Å². The first-order valence-corrected chi connectivity index (χ1v) is 11.1. The van der Waals surface area contributed by atoms with Gasteiger partial charge in [0.05, 0.1) is 31.0 Å². The number of carbonyl (C=O) groups excluding carboxylic acids is 1. The summed E-state index contributed by atoms with van der Waals surface area (Å²) in [6.45, 7) is 8.53. The highest BCUT2D eigenvalue weighted by atomic mass is 16.5. The van der Waals surface area contributed by atoms with E-state index in [2.05, 4.69) is 36.1 Å². The first-order chi connectivity index (χ1) is 15.2. The van der Waals surface area contributed by atoms with Crippen molar-refractivity contribution in [2.45, 2.75) is 59.0 Å². The summed E-state index contributed by atoms with van der Waals surface area (Å²) < 4.78 is 9.27. The largest absolute Gasteiger partial charge is 0.495 e. The molecule has 0 saturated carbocycles. The third-order valence-corrected chi connectivity index (χ3v) is 6.35. The molecule has 8 nitrogen and oxygen atoms in total. The number of ether oxygens (including phenoxy) is 1. The van der Waals surface area contributed by atoms with Gasteiger partial charge in [-0.1, -0.05) is 32.1 Å². The smallest absolute Gasteiger partial charge is 0.247 e. The second kappa shape index (κ2) is 8.41. The minimum absolute atomic E-state index is 0.0406. The first kappa shape index (κ1) is 22.0. The molecule has 32 heavy (non-hydrogen) atoms. The summed E-state index contributed by atoms with van der Waals surface area (Å²) in [4.78, 5) is 19.5. The molecule has 1 saturated heterocycles. The van der Waals surface area contributed by atoms with Crippen molar-refractivity contribution in [3.63, 3.8) is 0 Å². The molecule has 4 rings (SSSR count). The fourth-order valence-corrected chi connectivity index (χ4v) is 4.63. The third-order valence-electron chi connectivity index (χ3n) is 6.35. The summed E-state index contributed by atoms with van der Waals surface area (Å²) in [7, 11) is 3.56. The Bertz CT molecular complexity index is 1110. The summed E-state index contributed by atoms with van der Waals surface area (Å²) in [5, 5.41) is 8.70. The number of rotatable bonds is 4. The molecule has 1 amide bonds. The first-order valence-electron chi connectivity index (χ1n) is 11.1. The van der Waals surface area contributed by atoms with Crippen LogP contribution in [0.1, 0.15) is 51.8 Å². The van der Waals surface area contributed by atoms with Crippen LogP contribution in [0.3, 0.4) is 0 Å². The molecule has 0 bridgehead atoms. The fraction of sp³-hybridized carbons (Fsp3) is 0.500. The van der Waals surface area contributed by atoms with E-state index in [4.69, 9.17) is 4.74 Å². The van der Waals surface area contributed by atoms with Gasteiger partial charge in [-0.25, -0.2) is 9.67 Å². The number of likely N-dealkylation sites (tertiary alicyclic amines) is 1. The van der Waals surface area contributed by atoms with Gasteiger partial charge in [-0.2, -0.15) is 0 Å². The highest BCUT2D eigenvalue weighted by Gasteiger charge is 2.37. The Morgan fingerprint density at radius 3 is 2.59 bits per heavy atom. The second-order valence-electron chi connectivity index (χ2n) is 9.67. The number of nitrogens with zero attached hydrogens (tertiary/aromatic N) is 6. The van der Waals surface area contributed by atoms with Crippen LogP contribution in [-0.2, 0) is 4.79 Å². The summed E-state index contributed by atoms with van der Waals surface area (Å²) in [5.74, 6) is 0.815. The molecule has 0 radical (unpaired) electrons. The van der Waals surface area contributed by atoms with Crippen LogP contribution in [0.25, 0.3) is 16.9 Å². The molecule has 1 fully saturated rings. The standard InChI is InChI=1S/C24H32N6O2/c1-16-13-29(15-25-16)19-11-10-17(12-21(19)32-6)18-14-30(27-26-18)20-8-7-9-22(24(2,3)4)28(5)23(20)31/h10-15,20,22H,7-9H2,1-6H3/t20-,22-/m1/s1. The lowest BCUT2D eigenvalue weighted by Gasteiger charge is -2.37. The van der Waals surface area contributed by atoms with E-state index in [1.54, 1.807) is 18.1 Å². The lowest BCUT2D eigenvalue weighted by Crippen LogP contribution is -2.45. The topological polar surface area (TPSA) is 78.1 Å². The maximum absolute atomic E-state index is 13.3. The van der Waals surface area contributed by atoms with E-state index in [1.165, 1.54) is 0 Å². The third kappa shape index (κ3) is 4.13. The molecule has 2 atom stereocenters. The van der Waals surface area contributed by atoms with E-state index in [0.717, 1.165) is 36.2 Å². The Morgan fingerprint density at radius 2 is 1.94 bits per heavy atom. The van der Waals surface area contributed by atoms with Crippen molar-refractivity contribution in [3.8, 4) is 22.7 Å². The zero-order chi connectivity index (χ0) is 23.0. The predicted molar refractivity (Wildman–Crippen MR) is 123 cm³/mol. The van der Waals surface area contributed by atoms with Gasteiger partial charge < -0.3 is 14.2 Å². The number of amides is 1. The maximum Gasteiger partial charge on any atom is 0.247 e. The van der Waals surface area contributed by atoms with Crippen LogP contribution < -0.4 is 4.74 Å². The zero-order valence-electron chi connectivity index (χ0n) is 19.7. The van der Waals surface area contributed by atoms with Gasteiger partial charge >= 0.3 is 0 Å². The minimum Gasteiger partial charge on any atom is -0.495 e. The Hall–Kier alpha value is -3.16. The van der Waals surface area contributed by atoms with Gasteiger partial charge in [-0.15, -0.1) is 5.10 Å². The van der Waals surface area contributed by atoms with Crippen molar-refractivity contribution < 1.29 is 9.53 Å². The minimum atomic E-state index is -0.330. The van der Waals surface area contributed by atoms with Gasteiger partial charge in [0.25, 0.3) is 0 Å². The summed E-state index contributed by atoms with van der Waals surface area (Å²) in [6, 6.07) is 5.79. The van der Waals surface area contributed by atoms with Crippen LogP contribution >= 0.6 is 0 Å². The lowest BCUT2D eigenvalue weighted by atomic mass is 9.83. The average Bonchev–Trinajstić information content (AvgIpc) is 3.38. The molecule has 0 unspecified atom stereocenters. The second-order valence-corrected chi connectivity index (χ2v) is 9.67. The highest BCUT2D eigenvalue weighted by Crippen LogP contribution is 2.34. The molecule has 0 aliphatic carbocycles. The van der Waals surface area contributed by atoms with Gasteiger partial charge in [0.15, 0.2) is 0 Å². The molecule has 2 aromatic heterocycles. The van der Waals surface area contributed by atoms with Crippen LogP contribution in [0, 0.1) is 12.3 Å². The van der Waals surface area contributed by atoms with E-state index in [-0.39, 0.29) is 23.4 Å². The molecule has 8 heteroatoms. The summed E-state index contributed by atoms with van der Waals surface area (Å²) >= 11 is 0. The molecular weight excluding hydrogens is 404 g/mol. The number of methoxy groups -OCH3 is 1. The number of aryl methyl sites for hydroxylation is 1. The number of carbonyl (C=O) groups is 1. The molecule has 170 valence electrons. The Morgan fingerprint density at radius 1 is 1.16 bits per heavy atom. The lowest BCUT2D eigenvalue weighted by molar-refractivity contribution is -0.137. The Labute approximate surface area is 189 Å². The van der Waals surface area contributed by atoms with Crippen LogP contribution in [-0.4, -0.2) is 55.6 Å². The Kier molecular flexibility index (Phi) is 5.79. The van der Waals surface area contributed by atoms with Crippen molar-refractivity contribution in [3.05, 3.63) is 42.6 Å². The normalized spacial score (nSPS) is 19.8. The Balaban J connectivity index is 1.60. The van der Waals surface area contributed by atoms with Crippen molar-refractivity contribution in [2.75, 3.05) is 14.2 Å². The van der Waals surface area contributed by atoms with E-state index in [0.29, 0.717) is 11.4 Å². The fourth-order valence-electron chi connectivity index (χ4n) is 4.63. The number of hydrogen-bond donors (Lipinski definition) is 0. The molecule has 3 aromatic rings. The highest BCUT2D eigenvalue weighted by molar-refractivity contribution is 5.81. The van der Waals surface area contributed by atoms with Crippen LogP contribution in [0.4, 0.5) is 0 Å². The SMILES string of the molecule is COc1cc(-c2cn([C@@H]3CCC[C@H](C(C)(C)C)N(C)C3=O)nn2)ccc1-n1cnc(C)c1. The molecule has 1 aromatic carbocycles. The molecule has 0 spiro atoms. The molecular formula is C24H32N6O2. The monoisotopic (exact) mass is 436 g/mol. The summed E-state index contributed by atoms with van der Waals surface area (Å²) in [5.41, 5.74) is 3.47. The maximum atomic E-state index is 13.3. The average molecular weight is 437 g/mol. The van der Waals surface area contributed by atoms with Gasteiger partial charge in [0.1, 0.15) is 17.5 Å².